The average molecular weight is 449 g/mol. The molecule has 1 aromatic carbocycles. The molecule has 2 aromatic rings. The number of nitrogens with zero attached hydrogens (tertiary/aromatic N) is 3. The topological polar surface area (TPSA) is 92.3 Å². The second-order valence-electron chi connectivity index (χ2n) is 6.35. The summed E-state index contributed by atoms with van der Waals surface area (Å²) in [4.78, 5) is 14.8. The lowest BCUT2D eigenvalue weighted by molar-refractivity contribution is 0.0696. The van der Waals surface area contributed by atoms with Gasteiger partial charge in [-0.1, -0.05) is 27.7 Å². The van der Waals surface area contributed by atoms with E-state index >= 15 is 0 Å². The Labute approximate surface area is 171 Å². The molecule has 7 nitrogen and oxygen atoms in total. The predicted molar refractivity (Wildman–Crippen MR) is 105 cm³/mol. The van der Waals surface area contributed by atoms with Gasteiger partial charge in [0.05, 0.1) is 10.7 Å². The van der Waals surface area contributed by atoms with Crippen molar-refractivity contribution in [2.24, 2.45) is 5.92 Å². The third kappa shape index (κ3) is 4.78. The second-order valence-corrected chi connectivity index (χ2v) is 9.68. The number of hydrogen-bond donors (Lipinski definition) is 1. The van der Waals surface area contributed by atoms with E-state index < -0.39 is 10.0 Å². The molecule has 0 spiro atoms. The lowest BCUT2D eigenvalue weighted by Gasteiger charge is -2.31. The number of nitrogens with one attached hydrogen (secondary N) is 1. The largest absolute Gasteiger partial charge is 0.338 e. The number of aromatic nitrogens is 2. The maximum absolute atomic E-state index is 12.5. The van der Waals surface area contributed by atoms with Crippen LogP contribution >= 0.6 is 34.7 Å². The van der Waals surface area contributed by atoms with E-state index in [1.165, 1.54) is 18.2 Å². The van der Waals surface area contributed by atoms with Gasteiger partial charge in [0.2, 0.25) is 10.0 Å². The number of aryl methyl sites for hydroxylation is 1. The lowest BCUT2D eigenvalue weighted by Crippen LogP contribution is -2.41. The van der Waals surface area contributed by atoms with Crippen molar-refractivity contribution in [3.05, 3.63) is 38.8 Å². The molecule has 0 aliphatic carbocycles. The number of amides is 1. The van der Waals surface area contributed by atoms with Gasteiger partial charge in [-0.25, -0.2) is 13.1 Å². The van der Waals surface area contributed by atoms with Crippen LogP contribution in [0, 0.1) is 12.8 Å². The minimum Gasteiger partial charge on any atom is -0.338 e. The molecule has 0 bridgehead atoms. The number of carbonyl (C=O) groups excluding carboxylic acids is 1. The first kappa shape index (κ1) is 20.5. The molecule has 1 N–H and O–H groups in total. The van der Waals surface area contributed by atoms with Gasteiger partial charge < -0.3 is 4.90 Å². The minimum absolute atomic E-state index is 0.0301. The monoisotopic (exact) mass is 448 g/mol. The quantitative estimate of drug-likeness (QED) is 0.758. The molecule has 0 radical (unpaired) electrons. The third-order valence-corrected chi connectivity index (χ3v) is 7.45. The van der Waals surface area contributed by atoms with Gasteiger partial charge in [-0.05, 0) is 55.4 Å². The maximum Gasteiger partial charge on any atom is 0.267 e. The van der Waals surface area contributed by atoms with Crippen LogP contribution in [-0.4, -0.2) is 48.4 Å². The molecule has 0 saturated carbocycles. The smallest absolute Gasteiger partial charge is 0.267 e. The summed E-state index contributed by atoms with van der Waals surface area (Å²) in [6, 6.07) is 4.33. The summed E-state index contributed by atoms with van der Waals surface area (Å²) in [7, 11) is -3.75. The average Bonchev–Trinajstić information content (AvgIpc) is 3.08. The highest BCUT2D eigenvalue weighted by molar-refractivity contribution is 7.89. The van der Waals surface area contributed by atoms with E-state index in [-0.39, 0.29) is 28.3 Å². The molecule has 1 amide bonds. The van der Waals surface area contributed by atoms with Crippen LogP contribution in [0.3, 0.4) is 0 Å². The molecule has 0 unspecified atom stereocenters. The van der Waals surface area contributed by atoms with Crippen LogP contribution in [0.15, 0.2) is 23.1 Å². The van der Waals surface area contributed by atoms with Crippen molar-refractivity contribution in [2.75, 3.05) is 19.6 Å². The molecule has 1 fully saturated rings. The van der Waals surface area contributed by atoms with Gasteiger partial charge in [0, 0.05) is 24.7 Å². The Morgan fingerprint density at radius 3 is 2.67 bits per heavy atom. The normalized spacial score (nSPS) is 15.9. The number of benzene rings is 1. The van der Waals surface area contributed by atoms with Gasteiger partial charge >= 0.3 is 0 Å². The molecule has 1 aliphatic heterocycles. The lowest BCUT2D eigenvalue weighted by atomic mass is 9.97. The Kier molecular flexibility index (Phi) is 6.37. The van der Waals surface area contributed by atoms with Gasteiger partial charge in [-0.15, -0.1) is 5.10 Å². The first-order valence-electron chi connectivity index (χ1n) is 8.31. The van der Waals surface area contributed by atoms with E-state index in [0.717, 1.165) is 11.5 Å². The first-order valence-corrected chi connectivity index (χ1v) is 11.3. The Balaban J connectivity index is 1.56. The zero-order valence-electron chi connectivity index (χ0n) is 14.5. The number of piperidine rings is 1. The fourth-order valence-corrected chi connectivity index (χ4v) is 5.40. The molecular formula is C16H18Cl2N4O3S2. The Morgan fingerprint density at radius 2 is 2.04 bits per heavy atom. The van der Waals surface area contributed by atoms with E-state index in [0.29, 0.717) is 41.5 Å². The molecule has 27 heavy (non-hydrogen) atoms. The summed E-state index contributed by atoms with van der Waals surface area (Å²) < 4.78 is 31.4. The minimum atomic E-state index is -3.75. The summed E-state index contributed by atoms with van der Waals surface area (Å²) in [5.74, 6) is 0.0784. The highest BCUT2D eigenvalue weighted by atomic mass is 35.5. The fraction of sp³-hybridized carbons (Fsp3) is 0.438. The standard InChI is InChI=1S/C16H18Cl2N4O3S2/c1-10-15(26-21-20-10)16(23)22-6-4-11(5-7-22)9-19-27(24,25)14-8-12(17)2-3-13(14)18/h2-3,8,11,19H,4-7,9H2,1H3. The molecule has 11 heteroatoms. The maximum atomic E-state index is 12.5. The number of halogens is 2. The zero-order chi connectivity index (χ0) is 19.6. The number of likely N-dealkylation sites (tertiary alicyclic amines) is 1. The van der Waals surface area contributed by atoms with Crippen molar-refractivity contribution in [1.29, 1.82) is 0 Å². The third-order valence-electron chi connectivity index (χ3n) is 4.49. The molecule has 1 aromatic heterocycles. The van der Waals surface area contributed by atoms with Crippen LogP contribution in [-0.2, 0) is 10.0 Å². The molecule has 1 saturated heterocycles. The van der Waals surface area contributed by atoms with E-state index in [1.54, 1.807) is 11.8 Å². The highest BCUT2D eigenvalue weighted by Crippen LogP contribution is 2.26. The summed E-state index contributed by atoms with van der Waals surface area (Å²) in [5, 5.41) is 4.30. The highest BCUT2D eigenvalue weighted by Gasteiger charge is 2.27. The van der Waals surface area contributed by atoms with Gasteiger partial charge in [0.25, 0.3) is 5.91 Å². The molecule has 3 rings (SSSR count). The summed E-state index contributed by atoms with van der Waals surface area (Å²) in [6.45, 7) is 3.19. The van der Waals surface area contributed by atoms with Crippen LogP contribution < -0.4 is 4.72 Å². The second kappa shape index (κ2) is 8.40. The van der Waals surface area contributed by atoms with E-state index in [1.807, 2.05) is 0 Å². The van der Waals surface area contributed by atoms with Crippen LogP contribution in [0.4, 0.5) is 0 Å². The number of carbonyl (C=O) groups is 1. The van der Waals surface area contributed by atoms with Crippen molar-refractivity contribution in [1.82, 2.24) is 19.2 Å². The molecule has 1 aliphatic rings. The molecule has 2 heterocycles. The molecule has 146 valence electrons. The van der Waals surface area contributed by atoms with Gasteiger partial charge in [0.15, 0.2) is 0 Å². The van der Waals surface area contributed by atoms with Crippen LogP contribution in [0.25, 0.3) is 0 Å². The summed E-state index contributed by atoms with van der Waals surface area (Å²) in [6.07, 6.45) is 1.42. The Morgan fingerprint density at radius 1 is 1.33 bits per heavy atom. The van der Waals surface area contributed by atoms with Gasteiger partial charge in [-0.3, -0.25) is 4.79 Å². The Hall–Kier alpha value is -1.26. The number of hydrogen-bond acceptors (Lipinski definition) is 6. The molecular weight excluding hydrogens is 431 g/mol. The predicted octanol–water partition coefficient (Wildman–Crippen LogP) is 2.98. The van der Waals surface area contributed by atoms with Crippen LogP contribution in [0.2, 0.25) is 10.0 Å². The SMILES string of the molecule is Cc1nnsc1C(=O)N1CCC(CNS(=O)(=O)c2cc(Cl)ccc2Cl)CC1. The van der Waals surface area contributed by atoms with Crippen LogP contribution in [0.5, 0.6) is 0 Å². The van der Waals surface area contributed by atoms with E-state index in [4.69, 9.17) is 23.2 Å². The Bertz CT molecular complexity index is 941. The molecule has 0 atom stereocenters. The van der Waals surface area contributed by atoms with Crippen molar-refractivity contribution in [2.45, 2.75) is 24.7 Å². The number of rotatable bonds is 5. The summed E-state index contributed by atoms with van der Waals surface area (Å²) in [5.41, 5.74) is 0.637. The van der Waals surface area contributed by atoms with Crippen LogP contribution in [0.1, 0.15) is 28.2 Å². The number of sulfonamides is 1. The first-order chi connectivity index (χ1) is 12.8. The van der Waals surface area contributed by atoms with Crippen molar-refractivity contribution in [3.8, 4) is 0 Å². The van der Waals surface area contributed by atoms with E-state index in [9.17, 15) is 13.2 Å². The van der Waals surface area contributed by atoms with Crippen molar-refractivity contribution in [3.63, 3.8) is 0 Å². The van der Waals surface area contributed by atoms with Gasteiger partial charge in [-0.2, -0.15) is 0 Å². The van der Waals surface area contributed by atoms with Crippen molar-refractivity contribution >= 4 is 50.7 Å². The van der Waals surface area contributed by atoms with Crippen molar-refractivity contribution < 1.29 is 13.2 Å². The fourth-order valence-electron chi connectivity index (χ4n) is 2.90. The zero-order valence-corrected chi connectivity index (χ0v) is 17.6. The summed E-state index contributed by atoms with van der Waals surface area (Å²) >= 11 is 13.0. The van der Waals surface area contributed by atoms with E-state index in [2.05, 4.69) is 14.3 Å². The van der Waals surface area contributed by atoms with Gasteiger partial charge in [0.1, 0.15) is 9.77 Å².